The lowest BCUT2D eigenvalue weighted by Crippen LogP contribution is -2.35. The van der Waals surface area contributed by atoms with Gasteiger partial charge in [0.1, 0.15) is 0 Å². The van der Waals surface area contributed by atoms with Gasteiger partial charge in [0.25, 0.3) is 17.7 Å². The molecule has 1 saturated heterocycles. The van der Waals surface area contributed by atoms with E-state index in [4.69, 9.17) is 5.11 Å². The van der Waals surface area contributed by atoms with E-state index in [0.717, 1.165) is 32.1 Å². The van der Waals surface area contributed by atoms with Crippen molar-refractivity contribution in [1.82, 2.24) is 9.80 Å². The van der Waals surface area contributed by atoms with Crippen molar-refractivity contribution in [2.45, 2.75) is 51.5 Å². The number of hydrogen-bond donors (Lipinski definition) is 1. The predicted octanol–water partition coefficient (Wildman–Crippen LogP) is 2.46. The maximum Gasteiger partial charge on any atom is 0.261 e. The number of nitrogens with zero attached hydrogens (tertiary/aromatic N) is 2. The first-order valence-electron chi connectivity index (χ1n) is 9.50. The quantitative estimate of drug-likeness (QED) is 0.760. The van der Waals surface area contributed by atoms with Gasteiger partial charge in [0, 0.05) is 31.3 Å². The molecule has 1 fully saturated rings. The molecular formula is C20H26N2O4. The van der Waals surface area contributed by atoms with Crippen LogP contribution in [-0.4, -0.2) is 58.4 Å². The van der Waals surface area contributed by atoms with E-state index in [1.807, 2.05) is 11.8 Å². The van der Waals surface area contributed by atoms with Crippen molar-refractivity contribution in [3.05, 3.63) is 34.9 Å². The van der Waals surface area contributed by atoms with E-state index in [2.05, 4.69) is 0 Å². The first kappa shape index (κ1) is 18.6. The average Bonchev–Trinajstić information content (AvgIpc) is 3.21. The van der Waals surface area contributed by atoms with Gasteiger partial charge in [-0.2, -0.15) is 0 Å². The van der Waals surface area contributed by atoms with Gasteiger partial charge in [-0.15, -0.1) is 0 Å². The summed E-state index contributed by atoms with van der Waals surface area (Å²) >= 11 is 0. The van der Waals surface area contributed by atoms with Crippen molar-refractivity contribution in [1.29, 1.82) is 0 Å². The van der Waals surface area contributed by atoms with Gasteiger partial charge in [0.15, 0.2) is 0 Å². The predicted molar refractivity (Wildman–Crippen MR) is 97.1 cm³/mol. The largest absolute Gasteiger partial charge is 0.396 e. The summed E-state index contributed by atoms with van der Waals surface area (Å²) < 4.78 is 0. The molecular weight excluding hydrogens is 332 g/mol. The Morgan fingerprint density at radius 3 is 2.69 bits per heavy atom. The Bertz CT molecular complexity index is 716. The van der Waals surface area contributed by atoms with Crippen LogP contribution in [0, 0.1) is 0 Å². The van der Waals surface area contributed by atoms with Crippen LogP contribution in [0.25, 0.3) is 0 Å². The molecule has 1 aromatic carbocycles. The lowest BCUT2D eigenvalue weighted by atomic mass is 10.0. The number of hydrogen-bond acceptors (Lipinski definition) is 4. The van der Waals surface area contributed by atoms with Crippen LogP contribution in [-0.2, 0) is 0 Å². The Morgan fingerprint density at radius 1 is 1.19 bits per heavy atom. The van der Waals surface area contributed by atoms with Crippen molar-refractivity contribution < 1.29 is 19.5 Å². The second-order valence-electron chi connectivity index (χ2n) is 7.04. The molecule has 0 aliphatic carbocycles. The van der Waals surface area contributed by atoms with E-state index < -0.39 is 0 Å². The number of likely N-dealkylation sites (tertiary alicyclic amines) is 1. The number of aliphatic hydroxyl groups excluding tert-OH is 1. The molecule has 6 heteroatoms. The second-order valence-corrected chi connectivity index (χ2v) is 7.04. The van der Waals surface area contributed by atoms with Crippen LogP contribution in [0.2, 0.25) is 0 Å². The van der Waals surface area contributed by atoms with Crippen LogP contribution < -0.4 is 0 Å². The Hall–Kier alpha value is -2.21. The van der Waals surface area contributed by atoms with Gasteiger partial charge in [0.05, 0.1) is 11.1 Å². The molecule has 1 atom stereocenters. The first-order valence-corrected chi connectivity index (χ1v) is 9.50. The summed E-state index contributed by atoms with van der Waals surface area (Å²) in [5, 5.41) is 9.04. The standard InChI is InChI=1S/C20H26N2O4/c1-2-3-10-22-19(25)16-9-8-14(13-17(16)20(22)26)18(24)21-11-4-6-15(21)7-5-12-23/h8-9,13,15,23H,2-7,10-12H2,1H3. The molecule has 1 unspecified atom stereocenters. The molecule has 3 amide bonds. The molecule has 0 aromatic heterocycles. The van der Waals surface area contributed by atoms with Gasteiger partial charge >= 0.3 is 0 Å². The van der Waals surface area contributed by atoms with E-state index in [1.54, 1.807) is 18.2 Å². The van der Waals surface area contributed by atoms with Crippen molar-refractivity contribution in [2.24, 2.45) is 0 Å². The third kappa shape index (κ3) is 3.38. The van der Waals surface area contributed by atoms with E-state index in [1.165, 1.54) is 4.90 Å². The smallest absolute Gasteiger partial charge is 0.261 e. The summed E-state index contributed by atoms with van der Waals surface area (Å²) in [5.74, 6) is -0.661. The van der Waals surface area contributed by atoms with Gasteiger partial charge < -0.3 is 10.0 Å². The molecule has 1 aromatic rings. The summed E-state index contributed by atoms with van der Waals surface area (Å²) in [5.41, 5.74) is 1.18. The van der Waals surface area contributed by atoms with E-state index in [-0.39, 0.29) is 30.4 Å². The van der Waals surface area contributed by atoms with Crippen LogP contribution in [0.15, 0.2) is 18.2 Å². The molecule has 140 valence electrons. The van der Waals surface area contributed by atoms with Gasteiger partial charge in [0.2, 0.25) is 0 Å². The third-order valence-electron chi connectivity index (χ3n) is 5.29. The fraction of sp³-hybridized carbons (Fsp3) is 0.550. The highest BCUT2D eigenvalue weighted by molar-refractivity contribution is 6.22. The number of benzene rings is 1. The molecule has 0 bridgehead atoms. The third-order valence-corrected chi connectivity index (χ3v) is 5.29. The zero-order valence-electron chi connectivity index (χ0n) is 15.2. The molecule has 6 nitrogen and oxygen atoms in total. The number of unbranched alkanes of at least 4 members (excludes halogenated alkanes) is 1. The maximum atomic E-state index is 12.9. The molecule has 1 N–H and O–H groups in total. The molecule has 3 rings (SSSR count). The minimum atomic E-state index is -0.300. The monoisotopic (exact) mass is 358 g/mol. The SMILES string of the molecule is CCCCN1C(=O)c2ccc(C(=O)N3CCCC3CCCO)cc2C1=O. The summed E-state index contributed by atoms with van der Waals surface area (Å²) in [4.78, 5) is 41.0. The summed E-state index contributed by atoms with van der Waals surface area (Å²) in [6.07, 6.45) is 5.04. The normalized spacial score (nSPS) is 19.4. The zero-order chi connectivity index (χ0) is 18.7. The average molecular weight is 358 g/mol. The van der Waals surface area contributed by atoms with Crippen molar-refractivity contribution in [2.75, 3.05) is 19.7 Å². The Kier molecular flexibility index (Phi) is 5.71. The Balaban J connectivity index is 1.80. The number of fused-ring (bicyclic) bond motifs is 1. The van der Waals surface area contributed by atoms with Gasteiger partial charge in [-0.25, -0.2) is 0 Å². The maximum absolute atomic E-state index is 12.9. The topological polar surface area (TPSA) is 77.9 Å². The Labute approximate surface area is 153 Å². The number of rotatable bonds is 7. The fourth-order valence-corrected chi connectivity index (χ4v) is 3.84. The van der Waals surface area contributed by atoms with Crippen molar-refractivity contribution in [3.8, 4) is 0 Å². The van der Waals surface area contributed by atoms with Crippen molar-refractivity contribution >= 4 is 17.7 Å². The molecule has 0 saturated carbocycles. The highest BCUT2D eigenvalue weighted by Crippen LogP contribution is 2.27. The lowest BCUT2D eigenvalue weighted by molar-refractivity contribution is 0.0651. The van der Waals surface area contributed by atoms with Crippen LogP contribution in [0.4, 0.5) is 0 Å². The number of carbonyl (C=O) groups is 3. The zero-order valence-corrected chi connectivity index (χ0v) is 15.2. The first-order chi connectivity index (χ1) is 12.6. The van der Waals surface area contributed by atoms with Gasteiger partial charge in [-0.05, 0) is 50.3 Å². The van der Waals surface area contributed by atoms with Gasteiger partial charge in [-0.1, -0.05) is 13.3 Å². The van der Waals surface area contributed by atoms with Crippen LogP contribution >= 0.6 is 0 Å². The summed E-state index contributed by atoms with van der Waals surface area (Å²) in [6, 6.07) is 4.97. The van der Waals surface area contributed by atoms with Crippen molar-refractivity contribution in [3.63, 3.8) is 0 Å². The molecule has 2 aliphatic rings. The number of imide groups is 1. The molecule has 2 heterocycles. The number of amides is 3. The van der Waals surface area contributed by atoms with Crippen LogP contribution in [0.1, 0.15) is 76.5 Å². The Morgan fingerprint density at radius 2 is 1.96 bits per heavy atom. The summed E-state index contributed by atoms with van der Waals surface area (Å²) in [7, 11) is 0. The molecule has 2 aliphatic heterocycles. The number of carbonyl (C=O) groups excluding carboxylic acids is 3. The van der Waals surface area contributed by atoms with Crippen LogP contribution in [0.3, 0.4) is 0 Å². The van der Waals surface area contributed by atoms with Gasteiger partial charge in [-0.3, -0.25) is 19.3 Å². The van der Waals surface area contributed by atoms with E-state index in [9.17, 15) is 14.4 Å². The minimum Gasteiger partial charge on any atom is -0.396 e. The minimum absolute atomic E-state index is 0.0968. The second kappa shape index (κ2) is 7.99. The highest BCUT2D eigenvalue weighted by atomic mass is 16.3. The van der Waals surface area contributed by atoms with E-state index in [0.29, 0.717) is 36.2 Å². The molecule has 0 spiro atoms. The summed E-state index contributed by atoms with van der Waals surface area (Å²) in [6.45, 7) is 3.25. The molecule has 26 heavy (non-hydrogen) atoms. The van der Waals surface area contributed by atoms with Crippen LogP contribution in [0.5, 0.6) is 0 Å². The number of aliphatic hydroxyl groups is 1. The molecule has 0 radical (unpaired) electrons. The fourth-order valence-electron chi connectivity index (χ4n) is 3.84. The van der Waals surface area contributed by atoms with E-state index >= 15 is 0 Å². The highest BCUT2D eigenvalue weighted by Gasteiger charge is 2.36. The lowest BCUT2D eigenvalue weighted by Gasteiger charge is -2.24.